The Kier molecular flexibility index (Phi) is 8.66. The van der Waals surface area contributed by atoms with Gasteiger partial charge in [-0.05, 0) is 55.3 Å². The second kappa shape index (κ2) is 12.0. The van der Waals surface area contributed by atoms with Crippen LogP contribution >= 0.6 is 0 Å². The van der Waals surface area contributed by atoms with Crippen LogP contribution in [0.5, 0.6) is 5.75 Å². The van der Waals surface area contributed by atoms with Crippen molar-refractivity contribution in [3.05, 3.63) is 71.4 Å². The molecule has 0 saturated carbocycles. The minimum absolute atomic E-state index is 0.142. The number of hydrogen-bond donors (Lipinski definition) is 3. The number of carbonyl (C=O) groups is 1. The average Bonchev–Trinajstić information content (AvgIpc) is 2.84. The van der Waals surface area contributed by atoms with E-state index >= 15 is 0 Å². The summed E-state index contributed by atoms with van der Waals surface area (Å²) in [6.07, 6.45) is -0.515. The molecule has 2 heterocycles. The molecule has 210 valence electrons. The normalized spacial score (nSPS) is 19.5. The molecule has 1 fully saturated rings. The first kappa shape index (κ1) is 28.2. The number of alkyl halides is 3. The SMILES string of the molecule is CCCO/C1=C/C(c2ccc(NC(=O)Nc3ccc(OC4(C)COC4)c(C(F)(F)F)c3)c(F)c2)=C\NCOC1. The second-order valence-corrected chi connectivity index (χ2v) is 9.28. The van der Waals surface area contributed by atoms with Crippen LogP contribution in [0, 0.1) is 5.82 Å². The van der Waals surface area contributed by atoms with Gasteiger partial charge in [-0.25, -0.2) is 9.18 Å². The van der Waals surface area contributed by atoms with Crippen LogP contribution in [0.2, 0.25) is 0 Å². The van der Waals surface area contributed by atoms with Crippen LogP contribution in [0.1, 0.15) is 31.4 Å². The number of amides is 2. The van der Waals surface area contributed by atoms with Crippen molar-refractivity contribution in [2.75, 3.05) is 43.8 Å². The molecule has 4 rings (SSSR count). The molecule has 12 heteroatoms. The van der Waals surface area contributed by atoms with Gasteiger partial charge in [0.25, 0.3) is 0 Å². The molecule has 2 aromatic carbocycles. The van der Waals surface area contributed by atoms with Gasteiger partial charge in [-0.15, -0.1) is 0 Å². The van der Waals surface area contributed by atoms with Crippen LogP contribution in [0.3, 0.4) is 0 Å². The molecular weight excluding hydrogens is 522 g/mol. The highest BCUT2D eigenvalue weighted by Gasteiger charge is 2.40. The molecule has 2 amide bonds. The first-order valence-corrected chi connectivity index (χ1v) is 12.3. The number of ether oxygens (including phenoxy) is 4. The number of urea groups is 1. The molecule has 0 bridgehead atoms. The van der Waals surface area contributed by atoms with E-state index in [1.807, 2.05) is 6.92 Å². The summed E-state index contributed by atoms with van der Waals surface area (Å²) >= 11 is 0. The lowest BCUT2D eigenvalue weighted by molar-refractivity contribution is -0.160. The Morgan fingerprint density at radius 1 is 1.13 bits per heavy atom. The molecule has 0 unspecified atom stereocenters. The monoisotopic (exact) mass is 551 g/mol. The number of carbonyl (C=O) groups excluding carboxylic acids is 1. The van der Waals surface area contributed by atoms with Crippen molar-refractivity contribution in [3.63, 3.8) is 0 Å². The lowest BCUT2D eigenvalue weighted by atomic mass is 10.0. The number of allylic oxidation sites excluding steroid dienone is 2. The zero-order valence-corrected chi connectivity index (χ0v) is 21.4. The Bertz CT molecular complexity index is 1260. The van der Waals surface area contributed by atoms with Gasteiger partial charge in [0.05, 0.1) is 31.1 Å². The Balaban J connectivity index is 1.46. The summed E-state index contributed by atoms with van der Waals surface area (Å²) in [5.74, 6) is -0.513. The lowest BCUT2D eigenvalue weighted by Crippen LogP contribution is -2.51. The highest BCUT2D eigenvalue weighted by Crippen LogP contribution is 2.40. The van der Waals surface area contributed by atoms with E-state index in [1.54, 1.807) is 25.3 Å². The molecule has 0 spiro atoms. The molecule has 0 aromatic heterocycles. The van der Waals surface area contributed by atoms with Crippen LogP contribution in [-0.2, 0) is 20.4 Å². The highest BCUT2D eigenvalue weighted by atomic mass is 19.4. The van der Waals surface area contributed by atoms with E-state index in [1.165, 1.54) is 18.2 Å². The maximum absolute atomic E-state index is 14.9. The summed E-state index contributed by atoms with van der Waals surface area (Å²) in [7, 11) is 0. The molecule has 3 N–H and O–H groups in total. The summed E-state index contributed by atoms with van der Waals surface area (Å²) in [6, 6.07) is 6.45. The lowest BCUT2D eigenvalue weighted by Gasteiger charge is -2.38. The first-order valence-electron chi connectivity index (χ1n) is 12.3. The Hall–Kier alpha value is -3.77. The van der Waals surface area contributed by atoms with Crippen molar-refractivity contribution in [1.82, 2.24) is 5.32 Å². The summed E-state index contributed by atoms with van der Waals surface area (Å²) in [6.45, 7) is 4.97. The van der Waals surface area contributed by atoms with Gasteiger partial charge in [-0.3, -0.25) is 0 Å². The fourth-order valence-electron chi connectivity index (χ4n) is 3.81. The van der Waals surface area contributed by atoms with E-state index in [-0.39, 0.29) is 43.7 Å². The number of nitrogens with one attached hydrogen (secondary N) is 3. The van der Waals surface area contributed by atoms with E-state index in [0.717, 1.165) is 18.6 Å². The largest absolute Gasteiger partial charge is 0.495 e. The quantitative estimate of drug-likeness (QED) is 0.355. The molecular formula is C27H29F4N3O5. The van der Waals surface area contributed by atoms with Crippen molar-refractivity contribution in [3.8, 4) is 5.75 Å². The molecule has 0 radical (unpaired) electrons. The minimum Gasteiger partial charge on any atom is -0.495 e. The van der Waals surface area contributed by atoms with Crippen molar-refractivity contribution in [2.24, 2.45) is 0 Å². The van der Waals surface area contributed by atoms with Gasteiger partial charge in [0.2, 0.25) is 0 Å². The summed E-state index contributed by atoms with van der Waals surface area (Å²) in [5, 5.41) is 7.60. The predicted molar refractivity (Wildman–Crippen MR) is 137 cm³/mol. The third kappa shape index (κ3) is 7.42. The standard InChI is InChI=1S/C27H29F4N3O5/c1-3-8-38-20-9-18(12-32-16-36-13-20)17-4-6-23(22(28)10-17)34-25(35)33-19-5-7-24(21(11-19)27(29,30)31)39-26(2)14-37-15-26/h4-7,9-12,32H,3,8,13-16H2,1-2H3,(H2,33,34,35)/b18-12+,20-9+. The minimum atomic E-state index is -4.73. The Labute approximate surface area is 222 Å². The molecule has 2 aromatic rings. The van der Waals surface area contributed by atoms with Crippen molar-refractivity contribution in [1.29, 1.82) is 0 Å². The van der Waals surface area contributed by atoms with E-state index in [0.29, 0.717) is 23.5 Å². The fourth-order valence-corrected chi connectivity index (χ4v) is 3.81. The zero-order chi connectivity index (χ0) is 28.0. The molecule has 39 heavy (non-hydrogen) atoms. The van der Waals surface area contributed by atoms with Crippen LogP contribution in [0.15, 0.2) is 54.4 Å². The Morgan fingerprint density at radius 2 is 1.92 bits per heavy atom. The maximum Gasteiger partial charge on any atom is 0.420 e. The third-order valence-corrected chi connectivity index (χ3v) is 5.76. The highest BCUT2D eigenvalue weighted by molar-refractivity contribution is 6.00. The average molecular weight is 552 g/mol. The van der Waals surface area contributed by atoms with E-state index < -0.39 is 29.2 Å². The van der Waals surface area contributed by atoms with E-state index in [9.17, 15) is 22.4 Å². The molecule has 1 saturated heterocycles. The third-order valence-electron chi connectivity index (χ3n) is 5.76. The van der Waals surface area contributed by atoms with Gasteiger partial charge in [0.15, 0.2) is 5.60 Å². The van der Waals surface area contributed by atoms with Gasteiger partial charge < -0.3 is 34.9 Å². The van der Waals surface area contributed by atoms with Gasteiger partial charge in [0, 0.05) is 17.5 Å². The first-order chi connectivity index (χ1) is 18.6. The van der Waals surface area contributed by atoms with Crippen LogP contribution in [-0.4, -0.2) is 44.8 Å². The number of rotatable bonds is 8. The summed E-state index contributed by atoms with van der Waals surface area (Å²) in [5.41, 5.74) is -1.04. The summed E-state index contributed by atoms with van der Waals surface area (Å²) in [4.78, 5) is 12.5. The Morgan fingerprint density at radius 3 is 2.59 bits per heavy atom. The maximum atomic E-state index is 14.9. The van der Waals surface area contributed by atoms with Crippen molar-refractivity contribution < 1.29 is 41.3 Å². The molecule has 2 aliphatic heterocycles. The predicted octanol–water partition coefficient (Wildman–Crippen LogP) is 5.88. The van der Waals surface area contributed by atoms with E-state index in [2.05, 4.69) is 16.0 Å². The van der Waals surface area contributed by atoms with Crippen molar-refractivity contribution in [2.45, 2.75) is 32.0 Å². The number of halogens is 4. The van der Waals surface area contributed by atoms with Gasteiger partial charge in [0.1, 0.15) is 30.7 Å². The number of anilines is 2. The smallest absolute Gasteiger partial charge is 0.420 e. The molecule has 0 atom stereocenters. The number of benzene rings is 2. The molecule has 0 aliphatic carbocycles. The number of hydrogen-bond acceptors (Lipinski definition) is 6. The van der Waals surface area contributed by atoms with Crippen LogP contribution < -0.4 is 20.7 Å². The topological polar surface area (TPSA) is 90.1 Å². The van der Waals surface area contributed by atoms with Crippen LogP contribution in [0.4, 0.5) is 33.7 Å². The molecule has 2 aliphatic rings. The molecule has 8 nitrogen and oxygen atoms in total. The van der Waals surface area contributed by atoms with Crippen molar-refractivity contribution >= 4 is 23.0 Å². The van der Waals surface area contributed by atoms with Gasteiger partial charge in [-0.2, -0.15) is 13.2 Å². The second-order valence-electron chi connectivity index (χ2n) is 9.28. The van der Waals surface area contributed by atoms with E-state index in [4.69, 9.17) is 18.9 Å². The van der Waals surface area contributed by atoms with Crippen LogP contribution in [0.25, 0.3) is 5.57 Å². The van der Waals surface area contributed by atoms with Gasteiger partial charge in [-0.1, -0.05) is 13.0 Å². The van der Waals surface area contributed by atoms with Gasteiger partial charge >= 0.3 is 12.2 Å². The summed E-state index contributed by atoms with van der Waals surface area (Å²) < 4.78 is 77.6. The fraction of sp³-hybridized carbons (Fsp3) is 0.370. The zero-order valence-electron chi connectivity index (χ0n) is 21.4.